The molecule has 0 radical (unpaired) electrons. The molecule has 3 aromatic rings. The Hall–Kier alpha value is -2.93. The lowest BCUT2D eigenvalue weighted by atomic mass is 10.2. The van der Waals surface area contributed by atoms with E-state index in [0.717, 1.165) is 29.8 Å². The van der Waals surface area contributed by atoms with Crippen LogP contribution in [0.3, 0.4) is 0 Å². The van der Waals surface area contributed by atoms with Crippen molar-refractivity contribution in [2.75, 3.05) is 11.9 Å². The van der Waals surface area contributed by atoms with Gasteiger partial charge in [0.25, 0.3) is 0 Å². The second-order valence-electron chi connectivity index (χ2n) is 6.26. The Bertz CT molecular complexity index is 967. The van der Waals surface area contributed by atoms with E-state index >= 15 is 0 Å². The van der Waals surface area contributed by atoms with E-state index in [0.29, 0.717) is 30.0 Å². The summed E-state index contributed by atoms with van der Waals surface area (Å²) in [4.78, 5) is 16.3. The molecular weight excluding hydrogens is 374 g/mol. The molecule has 2 N–H and O–H groups in total. The molecule has 7 heteroatoms. The van der Waals surface area contributed by atoms with E-state index in [1.54, 1.807) is 0 Å². The highest BCUT2D eigenvalue weighted by atomic mass is 32.1. The molecule has 0 aliphatic rings. The summed E-state index contributed by atoms with van der Waals surface area (Å²) in [5.74, 6) is 1.26. The van der Waals surface area contributed by atoms with Crippen LogP contribution in [0.5, 0.6) is 5.75 Å². The number of nitrogens with zero attached hydrogens (tertiary/aromatic N) is 1. The van der Waals surface area contributed by atoms with Gasteiger partial charge in [-0.1, -0.05) is 13.3 Å². The van der Waals surface area contributed by atoms with Gasteiger partial charge >= 0.3 is 0 Å². The minimum atomic E-state index is -0.0837. The van der Waals surface area contributed by atoms with Crippen LogP contribution in [0, 0.1) is 0 Å². The van der Waals surface area contributed by atoms with Crippen molar-refractivity contribution in [3.05, 3.63) is 42.5 Å². The second kappa shape index (κ2) is 9.32. The molecule has 0 saturated carbocycles. The third-order valence-electron chi connectivity index (χ3n) is 4.07. The van der Waals surface area contributed by atoms with Gasteiger partial charge < -0.3 is 19.8 Å². The van der Waals surface area contributed by atoms with Crippen molar-refractivity contribution in [2.24, 2.45) is 0 Å². The number of hydrogen-bond donors (Lipinski definition) is 2. The Balaban J connectivity index is 1.70. The molecule has 1 amide bonds. The number of ether oxygens (including phenoxy) is 1. The van der Waals surface area contributed by atoms with Crippen molar-refractivity contribution < 1.29 is 13.9 Å². The smallest absolute Gasteiger partial charge is 0.227 e. The molecule has 0 aliphatic heterocycles. The van der Waals surface area contributed by atoms with Gasteiger partial charge in [-0.2, -0.15) is 0 Å². The highest BCUT2D eigenvalue weighted by Gasteiger charge is 2.10. The molecule has 0 atom stereocenters. The van der Waals surface area contributed by atoms with Crippen molar-refractivity contribution in [2.45, 2.75) is 33.1 Å². The highest BCUT2D eigenvalue weighted by Crippen LogP contribution is 2.27. The first-order chi connectivity index (χ1) is 13.6. The monoisotopic (exact) mass is 397 g/mol. The molecule has 3 rings (SSSR count). The van der Waals surface area contributed by atoms with Gasteiger partial charge in [-0.3, -0.25) is 4.79 Å². The number of aromatic nitrogens is 1. The summed E-state index contributed by atoms with van der Waals surface area (Å²) < 4.78 is 11.3. The number of anilines is 1. The lowest BCUT2D eigenvalue weighted by Gasteiger charge is -2.09. The number of rotatable bonds is 7. The first-order valence-electron chi connectivity index (χ1n) is 9.33. The van der Waals surface area contributed by atoms with Gasteiger partial charge in [-0.05, 0) is 68.0 Å². The normalized spacial score (nSPS) is 10.6. The average molecular weight is 398 g/mol. The van der Waals surface area contributed by atoms with Crippen molar-refractivity contribution in [1.29, 1.82) is 0 Å². The number of hydrogen-bond acceptors (Lipinski definition) is 5. The van der Waals surface area contributed by atoms with E-state index in [9.17, 15) is 4.79 Å². The maximum atomic E-state index is 11.8. The summed E-state index contributed by atoms with van der Waals surface area (Å²) in [6, 6.07) is 13.1. The fourth-order valence-electron chi connectivity index (χ4n) is 2.68. The second-order valence-corrected chi connectivity index (χ2v) is 6.67. The van der Waals surface area contributed by atoms with Crippen LogP contribution < -0.4 is 15.4 Å². The number of oxazole rings is 1. The number of thiocarbonyl (C=S) groups is 1. The van der Waals surface area contributed by atoms with Crippen LogP contribution in [0.15, 0.2) is 46.9 Å². The Kier molecular flexibility index (Phi) is 6.60. The summed E-state index contributed by atoms with van der Waals surface area (Å²) in [6.45, 7) is 4.61. The molecule has 0 saturated heterocycles. The van der Waals surface area contributed by atoms with Crippen molar-refractivity contribution in [1.82, 2.24) is 10.3 Å². The molecule has 1 aromatic heterocycles. The van der Waals surface area contributed by atoms with Gasteiger partial charge in [0.2, 0.25) is 11.8 Å². The topological polar surface area (TPSA) is 76.4 Å². The standard InChI is InChI=1S/C21H23N3O3S/c1-3-5-6-19(25)24-21(28)22-15-9-12-18-17(13-15)23-20(27-18)14-7-10-16(11-8-14)26-4-2/h7-13H,3-6H2,1-2H3,(H2,22,24,25,28). The van der Waals surface area contributed by atoms with Gasteiger partial charge in [0.1, 0.15) is 11.3 Å². The quantitative estimate of drug-likeness (QED) is 0.553. The van der Waals surface area contributed by atoms with Crippen molar-refractivity contribution in [3.8, 4) is 17.2 Å². The molecule has 1 heterocycles. The third kappa shape index (κ3) is 5.07. The van der Waals surface area contributed by atoms with Crippen molar-refractivity contribution in [3.63, 3.8) is 0 Å². The summed E-state index contributed by atoms with van der Waals surface area (Å²) in [7, 11) is 0. The SMILES string of the molecule is CCCCC(=O)NC(=S)Nc1ccc2oc(-c3ccc(OCC)cc3)nc2c1. The number of amides is 1. The van der Waals surface area contributed by atoms with Crippen LogP contribution in [0.25, 0.3) is 22.6 Å². The molecule has 0 unspecified atom stereocenters. The van der Waals surface area contributed by atoms with Gasteiger partial charge in [-0.25, -0.2) is 4.98 Å². The number of carbonyl (C=O) groups is 1. The lowest BCUT2D eigenvalue weighted by molar-refractivity contribution is -0.119. The lowest BCUT2D eigenvalue weighted by Crippen LogP contribution is -2.33. The summed E-state index contributed by atoms with van der Waals surface area (Å²) in [5, 5.41) is 5.97. The first kappa shape index (κ1) is 19.8. The molecule has 28 heavy (non-hydrogen) atoms. The highest BCUT2D eigenvalue weighted by molar-refractivity contribution is 7.80. The van der Waals surface area contributed by atoms with Crippen LogP contribution >= 0.6 is 12.2 Å². The Morgan fingerprint density at radius 3 is 2.68 bits per heavy atom. The minimum Gasteiger partial charge on any atom is -0.494 e. The number of unbranched alkanes of at least 4 members (excludes halogenated alkanes) is 1. The Labute approximate surface area is 169 Å². The first-order valence-corrected chi connectivity index (χ1v) is 9.74. The molecule has 2 aromatic carbocycles. The predicted octanol–water partition coefficient (Wildman–Crippen LogP) is 4.90. The van der Waals surface area contributed by atoms with Crippen LogP contribution in [0.1, 0.15) is 33.1 Å². The van der Waals surface area contributed by atoms with E-state index < -0.39 is 0 Å². The van der Waals surface area contributed by atoms with Crippen LogP contribution in [-0.4, -0.2) is 22.6 Å². The van der Waals surface area contributed by atoms with Crippen LogP contribution in [-0.2, 0) is 4.79 Å². The molecule has 146 valence electrons. The number of benzene rings is 2. The summed E-state index contributed by atoms with van der Waals surface area (Å²) >= 11 is 5.20. The van der Waals surface area contributed by atoms with E-state index in [1.807, 2.05) is 56.3 Å². The van der Waals surface area contributed by atoms with Gasteiger partial charge in [0.05, 0.1) is 6.61 Å². The van der Waals surface area contributed by atoms with E-state index in [-0.39, 0.29) is 11.0 Å². The zero-order chi connectivity index (χ0) is 19.9. The molecule has 0 fully saturated rings. The molecule has 6 nitrogen and oxygen atoms in total. The van der Waals surface area contributed by atoms with Crippen LogP contribution in [0.2, 0.25) is 0 Å². The summed E-state index contributed by atoms with van der Waals surface area (Å²) in [6.07, 6.45) is 2.27. The zero-order valence-corrected chi connectivity index (χ0v) is 16.8. The van der Waals surface area contributed by atoms with Gasteiger partial charge in [-0.15, -0.1) is 0 Å². The maximum Gasteiger partial charge on any atom is 0.227 e. The average Bonchev–Trinajstić information content (AvgIpc) is 3.10. The molecule has 0 spiro atoms. The third-order valence-corrected chi connectivity index (χ3v) is 4.27. The van der Waals surface area contributed by atoms with E-state index in [4.69, 9.17) is 21.4 Å². The zero-order valence-electron chi connectivity index (χ0n) is 16.0. The summed E-state index contributed by atoms with van der Waals surface area (Å²) in [5.41, 5.74) is 2.98. The largest absolute Gasteiger partial charge is 0.494 e. The number of nitrogens with one attached hydrogen (secondary N) is 2. The predicted molar refractivity (Wildman–Crippen MR) is 115 cm³/mol. The molecule has 0 aliphatic carbocycles. The van der Waals surface area contributed by atoms with Crippen LogP contribution in [0.4, 0.5) is 5.69 Å². The number of fused-ring (bicyclic) bond motifs is 1. The molecule has 0 bridgehead atoms. The fourth-order valence-corrected chi connectivity index (χ4v) is 2.91. The Morgan fingerprint density at radius 1 is 1.18 bits per heavy atom. The van der Waals surface area contributed by atoms with Crippen molar-refractivity contribution >= 4 is 40.0 Å². The van der Waals surface area contributed by atoms with E-state index in [1.165, 1.54) is 0 Å². The van der Waals surface area contributed by atoms with Gasteiger partial charge in [0, 0.05) is 17.7 Å². The number of carbonyl (C=O) groups excluding carboxylic acids is 1. The molecular formula is C21H23N3O3S. The maximum absolute atomic E-state index is 11.8. The van der Waals surface area contributed by atoms with Gasteiger partial charge in [0.15, 0.2) is 10.7 Å². The minimum absolute atomic E-state index is 0.0837. The van der Waals surface area contributed by atoms with E-state index in [2.05, 4.69) is 15.6 Å². The fraction of sp³-hybridized carbons (Fsp3) is 0.286. The Morgan fingerprint density at radius 2 is 1.96 bits per heavy atom.